The average molecular weight is 268 g/mol. The molecule has 3 aliphatic rings. The summed E-state index contributed by atoms with van der Waals surface area (Å²) < 4.78 is 6.61. The quantitative estimate of drug-likeness (QED) is 0.648. The third kappa shape index (κ3) is 2.13. The molecule has 4 atom stereocenters. The number of rotatable bonds is 1. The van der Waals surface area contributed by atoms with Gasteiger partial charge in [-0.25, -0.2) is 0 Å². The minimum atomic E-state index is 0.307. The fourth-order valence-corrected chi connectivity index (χ4v) is 4.55. The molecule has 0 radical (unpaired) electrons. The van der Waals surface area contributed by atoms with Crippen molar-refractivity contribution in [2.24, 2.45) is 11.8 Å². The zero-order chi connectivity index (χ0) is 13.4. The topological polar surface area (TPSA) is 9.23 Å². The van der Waals surface area contributed by atoms with Crippen LogP contribution in [0.3, 0.4) is 0 Å². The van der Waals surface area contributed by atoms with E-state index in [1.807, 2.05) is 0 Å². The van der Waals surface area contributed by atoms with Crippen molar-refractivity contribution >= 4 is 0 Å². The maximum absolute atomic E-state index is 6.61. The Kier molecular flexibility index (Phi) is 3.39. The van der Waals surface area contributed by atoms with Crippen molar-refractivity contribution in [3.05, 3.63) is 47.5 Å². The van der Waals surface area contributed by atoms with Crippen molar-refractivity contribution in [2.75, 3.05) is 0 Å². The fourth-order valence-electron chi connectivity index (χ4n) is 4.55. The van der Waals surface area contributed by atoms with E-state index in [9.17, 15) is 0 Å². The van der Waals surface area contributed by atoms with Gasteiger partial charge < -0.3 is 4.74 Å². The molecule has 0 spiro atoms. The Labute approximate surface area is 122 Å². The van der Waals surface area contributed by atoms with Gasteiger partial charge in [0.05, 0.1) is 12.2 Å². The van der Waals surface area contributed by atoms with E-state index < -0.39 is 0 Å². The van der Waals surface area contributed by atoms with Gasteiger partial charge in [0.2, 0.25) is 0 Å². The van der Waals surface area contributed by atoms with Crippen molar-refractivity contribution in [3.63, 3.8) is 0 Å². The normalized spacial score (nSPS) is 36.7. The van der Waals surface area contributed by atoms with Crippen molar-refractivity contribution in [1.82, 2.24) is 0 Å². The monoisotopic (exact) mass is 268 g/mol. The van der Waals surface area contributed by atoms with Gasteiger partial charge >= 0.3 is 0 Å². The highest BCUT2D eigenvalue weighted by atomic mass is 16.5. The second-order valence-electron chi connectivity index (χ2n) is 6.64. The lowest BCUT2D eigenvalue weighted by Crippen LogP contribution is -2.41. The first kappa shape index (κ1) is 12.6. The molecule has 0 aromatic heterocycles. The van der Waals surface area contributed by atoms with E-state index >= 15 is 0 Å². The first-order chi connectivity index (χ1) is 9.93. The molecule has 1 aliphatic heterocycles. The highest BCUT2D eigenvalue weighted by molar-refractivity contribution is 5.27. The minimum absolute atomic E-state index is 0.307. The zero-order valence-corrected chi connectivity index (χ0v) is 12.1. The maximum Gasteiger partial charge on any atom is 0.0894 e. The van der Waals surface area contributed by atoms with Gasteiger partial charge in [-0.05, 0) is 37.7 Å². The van der Waals surface area contributed by atoms with Crippen LogP contribution in [0, 0.1) is 11.8 Å². The van der Waals surface area contributed by atoms with E-state index in [-0.39, 0.29) is 0 Å². The summed E-state index contributed by atoms with van der Waals surface area (Å²) in [5.41, 5.74) is 3.13. The Morgan fingerprint density at radius 1 is 0.850 bits per heavy atom. The molecule has 0 N–H and O–H groups in total. The molecule has 2 aliphatic carbocycles. The summed E-state index contributed by atoms with van der Waals surface area (Å²) in [6, 6.07) is 10.9. The van der Waals surface area contributed by atoms with Crippen LogP contribution < -0.4 is 0 Å². The number of ether oxygens (including phenoxy) is 1. The molecule has 1 heterocycles. The Balaban J connectivity index is 1.70. The van der Waals surface area contributed by atoms with Gasteiger partial charge in [-0.1, -0.05) is 54.8 Å². The summed E-state index contributed by atoms with van der Waals surface area (Å²) >= 11 is 0. The summed E-state index contributed by atoms with van der Waals surface area (Å²) in [6.45, 7) is 0. The third-order valence-corrected chi connectivity index (χ3v) is 5.47. The van der Waals surface area contributed by atoms with Crippen LogP contribution in [0.15, 0.2) is 42.0 Å². The van der Waals surface area contributed by atoms with Crippen molar-refractivity contribution in [2.45, 2.75) is 57.2 Å². The van der Waals surface area contributed by atoms with Crippen LogP contribution >= 0.6 is 0 Å². The van der Waals surface area contributed by atoms with Crippen molar-refractivity contribution < 1.29 is 4.74 Å². The molecule has 0 bridgehead atoms. The summed E-state index contributed by atoms with van der Waals surface area (Å²) in [5, 5.41) is 0. The van der Waals surface area contributed by atoms with Gasteiger partial charge in [0.1, 0.15) is 0 Å². The van der Waals surface area contributed by atoms with Gasteiger partial charge in [0.15, 0.2) is 0 Å². The summed E-state index contributed by atoms with van der Waals surface area (Å²) in [7, 11) is 0. The summed E-state index contributed by atoms with van der Waals surface area (Å²) in [6.07, 6.45) is 12.6. The van der Waals surface area contributed by atoms with E-state index in [0.29, 0.717) is 18.1 Å². The lowest BCUT2D eigenvalue weighted by atomic mass is 9.68. The predicted molar refractivity (Wildman–Crippen MR) is 81.4 cm³/mol. The molecule has 20 heavy (non-hydrogen) atoms. The van der Waals surface area contributed by atoms with E-state index in [2.05, 4.69) is 36.4 Å². The fraction of sp³-hybridized carbons (Fsp3) is 0.579. The third-order valence-electron chi connectivity index (χ3n) is 5.47. The SMILES string of the molecule is C1=C2[C@@H](CCC1)[C@H](c1ccccc1)O[C@@H]1CCCC[C@@H]21. The van der Waals surface area contributed by atoms with E-state index in [4.69, 9.17) is 4.74 Å². The van der Waals surface area contributed by atoms with Crippen molar-refractivity contribution in [3.8, 4) is 0 Å². The lowest BCUT2D eigenvalue weighted by Gasteiger charge is -2.47. The van der Waals surface area contributed by atoms with Gasteiger partial charge in [-0.15, -0.1) is 0 Å². The molecule has 0 amide bonds. The van der Waals surface area contributed by atoms with Crippen LogP contribution in [0.2, 0.25) is 0 Å². The molecule has 1 aromatic rings. The average Bonchev–Trinajstić information content (AvgIpc) is 2.55. The maximum atomic E-state index is 6.61. The van der Waals surface area contributed by atoms with Crippen LogP contribution in [0.25, 0.3) is 0 Å². The predicted octanol–water partition coefficient (Wildman–Crippen LogP) is 5.04. The molecule has 1 nitrogen and oxygen atoms in total. The Morgan fingerprint density at radius 3 is 2.55 bits per heavy atom. The number of hydrogen-bond donors (Lipinski definition) is 0. The number of fused-ring (bicyclic) bond motifs is 3. The molecule has 1 saturated carbocycles. The van der Waals surface area contributed by atoms with Crippen LogP contribution in [-0.4, -0.2) is 6.10 Å². The minimum Gasteiger partial charge on any atom is -0.369 e. The van der Waals surface area contributed by atoms with Crippen LogP contribution in [-0.2, 0) is 4.74 Å². The zero-order valence-electron chi connectivity index (χ0n) is 12.1. The molecule has 106 valence electrons. The van der Waals surface area contributed by atoms with E-state index in [0.717, 1.165) is 5.92 Å². The molecule has 2 fully saturated rings. The number of hydrogen-bond acceptors (Lipinski definition) is 1. The Morgan fingerprint density at radius 2 is 1.65 bits per heavy atom. The molecule has 0 unspecified atom stereocenters. The Bertz CT molecular complexity index is 490. The number of benzene rings is 1. The van der Waals surface area contributed by atoms with Gasteiger partial charge in [-0.3, -0.25) is 0 Å². The van der Waals surface area contributed by atoms with Crippen molar-refractivity contribution in [1.29, 1.82) is 0 Å². The first-order valence-corrected chi connectivity index (χ1v) is 8.34. The second-order valence-corrected chi connectivity index (χ2v) is 6.64. The van der Waals surface area contributed by atoms with Crippen LogP contribution in [0.4, 0.5) is 0 Å². The largest absolute Gasteiger partial charge is 0.369 e. The molecule has 1 heteroatoms. The summed E-state index contributed by atoms with van der Waals surface area (Å²) in [4.78, 5) is 0. The highest BCUT2D eigenvalue weighted by Gasteiger charge is 2.43. The number of allylic oxidation sites excluding steroid dienone is 1. The lowest BCUT2D eigenvalue weighted by molar-refractivity contribution is -0.106. The molecule has 1 saturated heterocycles. The summed E-state index contributed by atoms with van der Waals surface area (Å²) in [5.74, 6) is 1.37. The first-order valence-electron chi connectivity index (χ1n) is 8.34. The Hall–Kier alpha value is -1.08. The van der Waals surface area contributed by atoms with Gasteiger partial charge in [-0.2, -0.15) is 0 Å². The smallest absolute Gasteiger partial charge is 0.0894 e. The highest BCUT2D eigenvalue weighted by Crippen LogP contribution is 2.50. The van der Waals surface area contributed by atoms with Crippen LogP contribution in [0.1, 0.15) is 56.6 Å². The molecule has 1 aromatic carbocycles. The molecular formula is C19H24O. The van der Waals surface area contributed by atoms with Gasteiger partial charge in [0.25, 0.3) is 0 Å². The standard InChI is InChI=1S/C19H24O/c1-2-8-14(9-3-1)19-17-12-5-4-10-15(17)16-11-6-7-13-18(16)20-19/h1-3,8-10,16-19H,4-7,11-13H2/t16-,17+,18+,19-/m0/s1. The molecular weight excluding hydrogens is 244 g/mol. The van der Waals surface area contributed by atoms with Crippen LogP contribution in [0.5, 0.6) is 0 Å². The molecule has 4 rings (SSSR count). The second kappa shape index (κ2) is 5.37. The van der Waals surface area contributed by atoms with E-state index in [1.54, 1.807) is 5.57 Å². The van der Waals surface area contributed by atoms with E-state index in [1.165, 1.54) is 50.5 Å². The van der Waals surface area contributed by atoms with Gasteiger partial charge in [0, 0.05) is 11.8 Å².